The number of carbonyl (C=O) groups excluding carboxylic acids is 1. The molecule has 1 aliphatic rings. The Morgan fingerprint density at radius 3 is 3.00 bits per heavy atom. The Labute approximate surface area is 129 Å². The monoisotopic (exact) mass is 299 g/mol. The molecule has 1 amide bonds. The molecule has 0 aromatic carbocycles. The van der Waals surface area contributed by atoms with E-state index in [9.17, 15) is 4.79 Å². The van der Waals surface area contributed by atoms with Crippen LogP contribution in [0.3, 0.4) is 0 Å². The third-order valence-corrected chi connectivity index (χ3v) is 3.86. The van der Waals surface area contributed by atoms with Gasteiger partial charge in [-0.05, 0) is 56.0 Å². The molecule has 0 atom stereocenters. The Kier molecular flexibility index (Phi) is 4.20. The van der Waals surface area contributed by atoms with Gasteiger partial charge in [0.05, 0.1) is 5.69 Å². The average molecular weight is 299 g/mol. The summed E-state index contributed by atoms with van der Waals surface area (Å²) in [5, 5.41) is 7.26. The Bertz CT molecular complexity index is 675. The van der Waals surface area contributed by atoms with Crippen molar-refractivity contribution in [2.24, 2.45) is 12.8 Å². The fourth-order valence-electron chi connectivity index (χ4n) is 2.47. The summed E-state index contributed by atoms with van der Waals surface area (Å²) in [5.74, 6) is 0.921. The Morgan fingerprint density at radius 2 is 2.27 bits per heavy atom. The minimum Gasteiger partial charge on any atom is -0.330 e. The van der Waals surface area contributed by atoms with Crippen LogP contribution in [0.5, 0.6) is 0 Å². The van der Waals surface area contributed by atoms with Crippen LogP contribution in [0, 0.1) is 0 Å². The third kappa shape index (κ3) is 3.33. The van der Waals surface area contributed by atoms with E-state index in [4.69, 9.17) is 5.73 Å². The molecule has 0 radical (unpaired) electrons. The number of rotatable bonds is 6. The van der Waals surface area contributed by atoms with E-state index in [0.29, 0.717) is 24.0 Å². The van der Waals surface area contributed by atoms with Crippen molar-refractivity contribution in [2.45, 2.75) is 31.6 Å². The highest BCUT2D eigenvalue weighted by Gasteiger charge is 2.28. The van der Waals surface area contributed by atoms with Gasteiger partial charge >= 0.3 is 0 Å². The van der Waals surface area contributed by atoms with Crippen LogP contribution in [0.15, 0.2) is 24.4 Å². The topological polar surface area (TPSA) is 85.8 Å². The number of nitrogens with two attached hydrogens (primary N) is 1. The molecule has 116 valence electrons. The summed E-state index contributed by atoms with van der Waals surface area (Å²) in [5.41, 5.74) is 8.23. The Morgan fingerprint density at radius 1 is 1.45 bits per heavy atom. The van der Waals surface area contributed by atoms with Crippen LogP contribution >= 0.6 is 0 Å². The number of hydrogen-bond acceptors (Lipinski definition) is 4. The normalized spacial score (nSPS) is 14.1. The summed E-state index contributed by atoms with van der Waals surface area (Å²) in [6, 6.07) is 5.72. The number of nitrogens with zero attached hydrogens (tertiary/aromatic N) is 3. The second kappa shape index (κ2) is 6.27. The molecule has 3 rings (SSSR count). The first-order chi connectivity index (χ1) is 10.7. The highest BCUT2D eigenvalue weighted by molar-refractivity contribution is 6.02. The molecular weight excluding hydrogens is 278 g/mol. The van der Waals surface area contributed by atoms with E-state index in [2.05, 4.69) is 15.4 Å². The molecular formula is C16H21N5O. The smallest absolute Gasteiger partial charge is 0.275 e. The Balaban J connectivity index is 1.70. The lowest BCUT2D eigenvalue weighted by Gasteiger charge is -2.06. The SMILES string of the molecule is Cn1nc(C2CC2)cc1C(=O)Nc1cc(CCCN)ccn1. The summed E-state index contributed by atoms with van der Waals surface area (Å²) in [4.78, 5) is 16.6. The maximum absolute atomic E-state index is 12.4. The number of anilines is 1. The highest BCUT2D eigenvalue weighted by atomic mass is 16.2. The van der Waals surface area contributed by atoms with Gasteiger partial charge in [0.15, 0.2) is 0 Å². The molecule has 6 heteroatoms. The first kappa shape index (κ1) is 14.7. The second-order valence-electron chi connectivity index (χ2n) is 5.75. The number of amides is 1. The number of nitrogens with one attached hydrogen (secondary N) is 1. The largest absolute Gasteiger partial charge is 0.330 e. The summed E-state index contributed by atoms with van der Waals surface area (Å²) in [7, 11) is 1.80. The van der Waals surface area contributed by atoms with E-state index in [1.165, 1.54) is 12.8 Å². The molecule has 1 saturated carbocycles. The molecule has 0 spiro atoms. The van der Waals surface area contributed by atoms with Crippen LogP contribution in [0.4, 0.5) is 5.82 Å². The maximum Gasteiger partial charge on any atom is 0.275 e. The minimum absolute atomic E-state index is 0.176. The molecule has 2 heterocycles. The quantitative estimate of drug-likeness (QED) is 0.852. The number of hydrogen-bond donors (Lipinski definition) is 2. The average Bonchev–Trinajstić information content (AvgIpc) is 3.28. The van der Waals surface area contributed by atoms with Crippen LogP contribution in [-0.2, 0) is 13.5 Å². The fraction of sp³-hybridized carbons (Fsp3) is 0.438. The van der Waals surface area contributed by atoms with E-state index in [1.807, 2.05) is 18.2 Å². The van der Waals surface area contributed by atoms with Gasteiger partial charge in [0.1, 0.15) is 11.5 Å². The molecule has 2 aromatic rings. The Hall–Kier alpha value is -2.21. The van der Waals surface area contributed by atoms with Gasteiger partial charge in [-0.3, -0.25) is 9.48 Å². The van der Waals surface area contributed by atoms with Crippen molar-refractivity contribution in [3.05, 3.63) is 41.3 Å². The van der Waals surface area contributed by atoms with Gasteiger partial charge < -0.3 is 11.1 Å². The zero-order chi connectivity index (χ0) is 15.5. The van der Waals surface area contributed by atoms with Crippen molar-refractivity contribution < 1.29 is 4.79 Å². The van der Waals surface area contributed by atoms with Gasteiger partial charge in [0.2, 0.25) is 0 Å². The lowest BCUT2D eigenvalue weighted by atomic mass is 10.1. The van der Waals surface area contributed by atoms with Gasteiger partial charge in [-0.1, -0.05) is 0 Å². The molecule has 1 fully saturated rings. The lowest BCUT2D eigenvalue weighted by Crippen LogP contribution is -2.17. The zero-order valence-corrected chi connectivity index (χ0v) is 12.7. The van der Waals surface area contributed by atoms with Crippen molar-refractivity contribution in [3.8, 4) is 0 Å². The number of carbonyl (C=O) groups is 1. The third-order valence-electron chi connectivity index (χ3n) is 3.86. The van der Waals surface area contributed by atoms with Crippen molar-refractivity contribution in [1.29, 1.82) is 0 Å². The molecule has 22 heavy (non-hydrogen) atoms. The van der Waals surface area contributed by atoms with Crippen LogP contribution in [-0.4, -0.2) is 27.2 Å². The number of aromatic nitrogens is 3. The summed E-state index contributed by atoms with van der Waals surface area (Å²) in [6.07, 6.45) is 5.86. The van der Waals surface area contributed by atoms with Gasteiger partial charge in [-0.2, -0.15) is 5.10 Å². The van der Waals surface area contributed by atoms with Gasteiger partial charge in [0, 0.05) is 19.2 Å². The van der Waals surface area contributed by atoms with E-state index in [0.717, 1.165) is 24.1 Å². The summed E-state index contributed by atoms with van der Waals surface area (Å²) in [6.45, 7) is 0.656. The predicted molar refractivity (Wildman–Crippen MR) is 84.7 cm³/mol. The van der Waals surface area contributed by atoms with E-state index in [-0.39, 0.29) is 5.91 Å². The minimum atomic E-state index is -0.176. The molecule has 2 aromatic heterocycles. The van der Waals surface area contributed by atoms with Crippen LogP contribution in [0.2, 0.25) is 0 Å². The predicted octanol–water partition coefficient (Wildman–Crippen LogP) is 1.84. The molecule has 1 aliphatic carbocycles. The molecule has 3 N–H and O–H groups in total. The first-order valence-corrected chi connectivity index (χ1v) is 7.67. The number of aryl methyl sites for hydroxylation is 2. The van der Waals surface area contributed by atoms with Crippen LogP contribution < -0.4 is 11.1 Å². The second-order valence-corrected chi connectivity index (χ2v) is 5.75. The van der Waals surface area contributed by atoms with E-state index >= 15 is 0 Å². The molecule has 6 nitrogen and oxygen atoms in total. The van der Waals surface area contributed by atoms with Crippen molar-refractivity contribution in [3.63, 3.8) is 0 Å². The number of pyridine rings is 1. The van der Waals surface area contributed by atoms with Gasteiger partial charge in [-0.15, -0.1) is 0 Å². The summed E-state index contributed by atoms with van der Waals surface area (Å²) >= 11 is 0. The van der Waals surface area contributed by atoms with Crippen LogP contribution in [0.25, 0.3) is 0 Å². The lowest BCUT2D eigenvalue weighted by molar-refractivity contribution is 0.101. The van der Waals surface area contributed by atoms with E-state index in [1.54, 1.807) is 17.9 Å². The molecule has 0 saturated heterocycles. The van der Waals surface area contributed by atoms with Crippen molar-refractivity contribution >= 4 is 11.7 Å². The maximum atomic E-state index is 12.4. The van der Waals surface area contributed by atoms with Gasteiger partial charge in [0.25, 0.3) is 5.91 Å². The van der Waals surface area contributed by atoms with Crippen molar-refractivity contribution in [2.75, 3.05) is 11.9 Å². The highest BCUT2D eigenvalue weighted by Crippen LogP contribution is 2.39. The summed E-state index contributed by atoms with van der Waals surface area (Å²) < 4.78 is 1.64. The van der Waals surface area contributed by atoms with E-state index < -0.39 is 0 Å². The molecule has 0 unspecified atom stereocenters. The standard InChI is InChI=1S/C16H21N5O/c1-21-14(10-13(20-21)12-4-5-12)16(22)19-15-9-11(3-2-7-17)6-8-18-15/h6,8-10,12H,2-5,7,17H2,1H3,(H,18,19,22). The molecule has 0 bridgehead atoms. The van der Waals surface area contributed by atoms with Gasteiger partial charge in [-0.25, -0.2) is 4.98 Å². The van der Waals surface area contributed by atoms with Crippen LogP contribution in [0.1, 0.15) is 46.9 Å². The van der Waals surface area contributed by atoms with Crippen molar-refractivity contribution in [1.82, 2.24) is 14.8 Å². The molecule has 0 aliphatic heterocycles. The zero-order valence-electron chi connectivity index (χ0n) is 12.7. The fourth-order valence-corrected chi connectivity index (χ4v) is 2.47. The first-order valence-electron chi connectivity index (χ1n) is 7.67.